The normalized spacial score (nSPS) is 11.5. The van der Waals surface area contributed by atoms with Gasteiger partial charge in [-0.2, -0.15) is 0 Å². The zero-order chi connectivity index (χ0) is 10.1. The van der Waals surface area contributed by atoms with Crippen LogP contribution in [0.1, 0.15) is 39.5 Å². The smallest absolute Gasteiger partial charge is 0.0168 e. The Morgan fingerprint density at radius 2 is 2.08 bits per heavy atom. The average molecular weight is 181 g/mol. The first-order chi connectivity index (χ1) is 6.22. The molecule has 0 aromatic rings. The Kier molecular flexibility index (Phi) is 7.47. The molecule has 13 heavy (non-hydrogen) atoms. The summed E-state index contributed by atoms with van der Waals surface area (Å²) in [6.45, 7) is 9.26. The molecule has 0 aliphatic carbocycles. The third-order valence-electron chi connectivity index (χ3n) is 2.21. The van der Waals surface area contributed by atoms with Gasteiger partial charge in [0.05, 0.1) is 0 Å². The lowest BCUT2D eigenvalue weighted by Crippen LogP contribution is -2.16. The van der Waals surface area contributed by atoms with Crippen molar-refractivity contribution in [3.05, 3.63) is 24.4 Å². The molecule has 1 nitrogen and oxygen atoms in total. The van der Waals surface area contributed by atoms with Crippen LogP contribution in [0.4, 0.5) is 0 Å². The highest BCUT2D eigenvalue weighted by atomic mass is 15.1. The van der Waals surface area contributed by atoms with Gasteiger partial charge >= 0.3 is 0 Å². The zero-order valence-corrected chi connectivity index (χ0v) is 9.34. The number of hydrogen-bond acceptors (Lipinski definition) is 1. The second kappa shape index (κ2) is 7.90. The van der Waals surface area contributed by atoms with Crippen LogP contribution in [0.2, 0.25) is 0 Å². The molecule has 0 saturated heterocycles. The van der Waals surface area contributed by atoms with Crippen molar-refractivity contribution in [2.45, 2.75) is 39.5 Å². The van der Waals surface area contributed by atoms with Crippen LogP contribution in [-0.2, 0) is 0 Å². The molecule has 0 heterocycles. The van der Waals surface area contributed by atoms with Crippen molar-refractivity contribution in [1.82, 2.24) is 4.90 Å². The molecule has 0 unspecified atom stereocenters. The highest BCUT2D eigenvalue weighted by molar-refractivity contribution is 4.96. The Balaban J connectivity index is 3.66. The largest absolute Gasteiger partial charge is 0.378 e. The quantitative estimate of drug-likeness (QED) is 0.428. The van der Waals surface area contributed by atoms with Gasteiger partial charge in [-0.25, -0.2) is 0 Å². The summed E-state index contributed by atoms with van der Waals surface area (Å²) in [5, 5.41) is 0. The van der Waals surface area contributed by atoms with E-state index in [1.54, 1.807) is 0 Å². The lowest BCUT2D eigenvalue weighted by Gasteiger charge is -2.18. The molecule has 0 amide bonds. The molecule has 0 atom stereocenters. The SMILES string of the molecule is C=CCCC/C=C(/C)N(C)CCC. The van der Waals surface area contributed by atoms with Crippen LogP contribution >= 0.6 is 0 Å². The van der Waals surface area contributed by atoms with Crippen molar-refractivity contribution in [1.29, 1.82) is 0 Å². The number of hydrogen-bond donors (Lipinski definition) is 0. The summed E-state index contributed by atoms with van der Waals surface area (Å²) >= 11 is 0. The second-order valence-corrected chi connectivity index (χ2v) is 3.49. The fourth-order valence-corrected chi connectivity index (χ4v) is 1.24. The summed E-state index contributed by atoms with van der Waals surface area (Å²) in [4.78, 5) is 2.31. The third kappa shape index (κ3) is 6.44. The van der Waals surface area contributed by atoms with Gasteiger partial charge in [-0.1, -0.05) is 19.1 Å². The molecule has 76 valence electrons. The summed E-state index contributed by atoms with van der Waals surface area (Å²) in [7, 11) is 2.16. The van der Waals surface area contributed by atoms with Crippen molar-refractivity contribution >= 4 is 0 Å². The maximum atomic E-state index is 3.71. The molecule has 0 saturated carbocycles. The van der Waals surface area contributed by atoms with Crippen molar-refractivity contribution in [3.8, 4) is 0 Å². The van der Waals surface area contributed by atoms with Gasteiger partial charge in [0.2, 0.25) is 0 Å². The molecular weight excluding hydrogens is 158 g/mol. The minimum atomic E-state index is 1.13. The fourth-order valence-electron chi connectivity index (χ4n) is 1.24. The highest BCUT2D eigenvalue weighted by Gasteiger charge is 1.95. The van der Waals surface area contributed by atoms with E-state index in [4.69, 9.17) is 0 Å². The number of rotatable bonds is 7. The fraction of sp³-hybridized carbons (Fsp3) is 0.667. The van der Waals surface area contributed by atoms with Gasteiger partial charge in [0, 0.05) is 19.3 Å². The monoisotopic (exact) mass is 181 g/mol. The number of unbranched alkanes of at least 4 members (excludes halogenated alkanes) is 2. The molecule has 0 N–H and O–H groups in total. The molecule has 0 fully saturated rings. The number of allylic oxidation sites excluding steroid dienone is 3. The van der Waals surface area contributed by atoms with Crippen LogP contribution in [0.5, 0.6) is 0 Å². The van der Waals surface area contributed by atoms with E-state index in [1.807, 2.05) is 6.08 Å². The molecular formula is C12H23N. The Hall–Kier alpha value is -0.720. The van der Waals surface area contributed by atoms with E-state index in [0.717, 1.165) is 13.0 Å². The predicted molar refractivity (Wildman–Crippen MR) is 60.7 cm³/mol. The van der Waals surface area contributed by atoms with Gasteiger partial charge in [-0.15, -0.1) is 6.58 Å². The lowest BCUT2D eigenvalue weighted by atomic mass is 10.2. The van der Waals surface area contributed by atoms with E-state index in [1.165, 1.54) is 25.0 Å². The van der Waals surface area contributed by atoms with E-state index < -0.39 is 0 Å². The lowest BCUT2D eigenvalue weighted by molar-refractivity contribution is 0.415. The van der Waals surface area contributed by atoms with E-state index in [0.29, 0.717) is 0 Å². The number of nitrogens with zero attached hydrogens (tertiary/aromatic N) is 1. The standard InChI is InChI=1S/C12H23N/c1-5-7-8-9-10-12(3)13(4)11-6-2/h5,10H,1,6-9,11H2,2-4H3/b12-10-. The summed E-state index contributed by atoms with van der Waals surface area (Å²) in [5.41, 5.74) is 1.39. The van der Waals surface area contributed by atoms with E-state index in [2.05, 4.69) is 38.5 Å². The molecule has 0 aromatic carbocycles. The molecule has 0 rings (SSSR count). The zero-order valence-electron chi connectivity index (χ0n) is 9.34. The molecule has 0 aromatic heterocycles. The van der Waals surface area contributed by atoms with Gasteiger partial charge in [0.25, 0.3) is 0 Å². The first-order valence-electron chi connectivity index (χ1n) is 5.21. The van der Waals surface area contributed by atoms with E-state index >= 15 is 0 Å². The summed E-state index contributed by atoms with van der Waals surface area (Å²) in [6.07, 6.45) is 9.04. The average Bonchev–Trinajstić information content (AvgIpc) is 2.12. The van der Waals surface area contributed by atoms with Gasteiger partial charge in [-0.3, -0.25) is 0 Å². The van der Waals surface area contributed by atoms with Crippen LogP contribution in [0.15, 0.2) is 24.4 Å². The minimum absolute atomic E-state index is 1.13. The molecule has 0 spiro atoms. The highest BCUT2D eigenvalue weighted by Crippen LogP contribution is 2.05. The van der Waals surface area contributed by atoms with Crippen LogP contribution in [-0.4, -0.2) is 18.5 Å². The molecule has 0 aliphatic rings. The summed E-state index contributed by atoms with van der Waals surface area (Å²) in [5.74, 6) is 0. The van der Waals surface area contributed by atoms with Gasteiger partial charge in [0.15, 0.2) is 0 Å². The van der Waals surface area contributed by atoms with Gasteiger partial charge in [-0.05, 0) is 32.6 Å². The topological polar surface area (TPSA) is 3.24 Å². The first kappa shape index (κ1) is 12.3. The Labute approximate surface area is 83.1 Å². The molecule has 0 radical (unpaired) electrons. The van der Waals surface area contributed by atoms with Crippen LogP contribution in [0.3, 0.4) is 0 Å². The molecule has 0 aliphatic heterocycles. The maximum absolute atomic E-state index is 3.71. The van der Waals surface area contributed by atoms with Crippen LogP contribution in [0, 0.1) is 0 Å². The molecule has 0 bridgehead atoms. The van der Waals surface area contributed by atoms with E-state index in [9.17, 15) is 0 Å². The summed E-state index contributed by atoms with van der Waals surface area (Å²) < 4.78 is 0. The van der Waals surface area contributed by atoms with Crippen molar-refractivity contribution in [3.63, 3.8) is 0 Å². The van der Waals surface area contributed by atoms with E-state index in [-0.39, 0.29) is 0 Å². The Morgan fingerprint density at radius 1 is 1.38 bits per heavy atom. The third-order valence-corrected chi connectivity index (χ3v) is 2.21. The first-order valence-corrected chi connectivity index (χ1v) is 5.21. The van der Waals surface area contributed by atoms with Gasteiger partial charge in [0.1, 0.15) is 0 Å². The van der Waals surface area contributed by atoms with Crippen molar-refractivity contribution in [2.75, 3.05) is 13.6 Å². The van der Waals surface area contributed by atoms with Crippen LogP contribution < -0.4 is 0 Å². The second-order valence-electron chi connectivity index (χ2n) is 3.49. The maximum Gasteiger partial charge on any atom is 0.0168 e. The van der Waals surface area contributed by atoms with Gasteiger partial charge < -0.3 is 4.90 Å². The molecule has 1 heteroatoms. The predicted octanol–water partition coefficient (Wildman–Crippen LogP) is 3.59. The van der Waals surface area contributed by atoms with Crippen LogP contribution in [0.25, 0.3) is 0 Å². The van der Waals surface area contributed by atoms with Crippen molar-refractivity contribution in [2.24, 2.45) is 0 Å². The Morgan fingerprint density at radius 3 is 2.62 bits per heavy atom. The Bertz CT molecular complexity index is 159. The van der Waals surface area contributed by atoms with Crippen molar-refractivity contribution < 1.29 is 0 Å². The summed E-state index contributed by atoms with van der Waals surface area (Å²) in [6, 6.07) is 0. The minimum Gasteiger partial charge on any atom is -0.378 e.